The molecule has 4 rings (SSSR count). The van der Waals surface area contributed by atoms with E-state index in [4.69, 9.17) is 6.85 Å². The third-order valence-corrected chi connectivity index (χ3v) is 8.25. The maximum Gasteiger partial charge on any atom is 1.00 e. The van der Waals surface area contributed by atoms with Crippen LogP contribution in [0.3, 0.4) is 0 Å². The Morgan fingerprint density at radius 3 is 2.56 bits per heavy atom. The molecule has 0 bridgehead atoms. The fraction of sp³-hybridized carbons (Fsp3) is 0.864. The van der Waals surface area contributed by atoms with Gasteiger partial charge in [-0.25, -0.2) is 8.42 Å². The second-order valence-electron chi connectivity index (χ2n) is 9.32. The Kier molecular flexibility index (Phi) is 8.24. The monoisotopic (exact) mass is 491 g/mol. The third kappa shape index (κ3) is 6.42. The fourth-order valence-corrected chi connectivity index (χ4v) is 7.05. The molecule has 0 aliphatic heterocycles. The van der Waals surface area contributed by atoms with Crippen molar-refractivity contribution in [3.63, 3.8) is 0 Å². The number of carboxylic acid groups (broad SMARTS) is 1. The minimum atomic E-state index is -5.58. The van der Waals surface area contributed by atoms with Gasteiger partial charge < -0.3 is 19.6 Å². The van der Waals surface area contributed by atoms with E-state index in [1.54, 1.807) is 0 Å². The van der Waals surface area contributed by atoms with E-state index in [-0.39, 0.29) is 101 Å². The molecule has 9 atom stereocenters. The Labute approximate surface area is 242 Å². The molecule has 0 aromatic carbocycles. The van der Waals surface area contributed by atoms with Gasteiger partial charge in [0.15, 0.2) is 0 Å². The Balaban J connectivity index is 0.00000241. The van der Waals surface area contributed by atoms with Crippen molar-refractivity contribution in [1.82, 2.24) is 0 Å². The number of carbonyl (C=O) groups excluding carboxylic acids is 1. The number of hydrogen-bond donors (Lipinski definition) is 1. The summed E-state index contributed by atoms with van der Waals surface area (Å²) in [6.45, 7) is 2.04. The Bertz CT molecular complexity index is 1010. The van der Waals surface area contributed by atoms with E-state index >= 15 is 0 Å². The first-order valence-corrected chi connectivity index (χ1v) is 12.1. The molecule has 10 heteroatoms. The number of carbonyl (C=O) groups is 1. The minimum absolute atomic E-state index is 0. The van der Waals surface area contributed by atoms with Gasteiger partial charge in [-0.3, -0.25) is 4.18 Å². The SMILES string of the molecule is [2H]C1([2H])C[C@H]2C(=C[C@@H](O)[C@@H]3C2CC[C@@H]2C([C@H](C)CCC(=O)[O-])CC[C@@H]32)C([2H])([2H])[C@@]1([2H])OS(=O)(=O)[O-].[Na+].[Na+]. The van der Waals surface area contributed by atoms with Gasteiger partial charge in [0.25, 0.3) is 0 Å². The van der Waals surface area contributed by atoms with E-state index in [9.17, 15) is 28.0 Å². The molecular weight excluding hydrogens is 454 g/mol. The van der Waals surface area contributed by atoms with Crippen LogP contribution in [0.4, 0.5) is 0 Å². The first-order valence-electron chi connectivity index (χ1n) is 13.3. The number of rotatable bonds is 6. The van der Waals surface area contributed by atoms with Crippen LogP contribution >= 0.6 is 0 Å². The number of fused-ring (bicyclic) bond motifs is 5. The van der Waals surface area contributed by atoms with E-state index in [1.807, 2.05) is 6.92 Å². The predicted molar refractivity (Wildman–Crippen MR) is 105 cm³/mol. The Hall–Kier alpha value is 1.04. The largest absolute Gasteiger partial charge is 1.00 e. The second-order valence-corrected chi connectivity index (χ2v) is 10.3. The summed E-state index contributed by atoms with van der Waals surface area (Å²) in [4.78, 5) is 10.9. The minimum Gasteiger partial charge on any atom is -0.726 e. The number of carboxylic acids is 1. The summed E-state index contributed by atoms with van der Waals surface area (Å²) < 4.78 is 80.3. The molecular formula is C22H32Na2O7S. The van der Waals surface area contributed by atoms with Crippen molar-refractivity contribution in [2.24, 2.45) is 41.4 Å². The Morgan fingerprint density at radius 1 is 1.25 bits per heavy atom. The van der Waals surface area contributed by atoms with E-state index in [2.05, 4.69) is 4.18 Å². The van der Waals surface area contributed by atoms with Crippen molar-refractivity contribution in [2.75, 3.05) is 0 Å². The number of aliphatic carboxylic acids is 1. The van der Waals surface area contributed by atoms with Gasteiger partial charge in [-0.15, -0.1) is 0 Å². The topological polar surface area (TPSA) is 127 Å². The summed E-state index contributed by atoms with van der Waals surface area (Å²) in [6, 6.07) is 0. The van der Waals surface area contributed by atoms with Crippen molar-refractivity contribution in [1.29, 1.82) is 0 Å². The molecule has 7 nitrogen and oxygen atoms in total. The van der Waals surface area contributed by atoms with Gasteiger partial charge in [0, 0.05) is 11.5 Å². The van der Waals surface area contributed by atoms with Crippen LogP contribution in [0.15, 0.2) is 11.6 Å². The van der Waals surface area contributed by atoms with Crippen molar-refractivity contribution in [3.05, 3.63) is 11.6 Å². The van der Waals surface area contributed by atoms with Crippen LogP contribution < -0.4 is 64.2 Å². The zero-order valence-corrected chi connectivity index (χ0v) is 23.8. The molecule has 3 fully saturated rings. The summed E-state index contributed by atoms with van der Waals surface area (Å²) in [5.74, 6) is -1.36. The smallest absolute Gasteiger partial charge is 0.726 e. The van der Waals surface area contributed by atoms with Gasteiger partial charge in [-0.2, -0.15) is 0 Å². The first-order chi connectivity index (χ1) is 16.0. The molecule has 170 valence electrons. The fourth-order valence-electron chi connectivity index (χ4n) is 6.75. The molecule has 4 aliphatic rings. The van der Waals surface area contributed by atoms with Crippen LogP contribution in [0.5, 0.6) is 0 Å². The van der Waals surface area contributed by atoms with Crippen molar-refractivity contribution in [2.45, 2.75) is 76.8 Å². The Morgan fingerprint density at radius 2 is 1.91 bits per heavy atom. The van der Waals surface area contributed by atoms with Gasteiger partial charge in [-0.05, 0) is 99.1 Å². The maximum atomic E-state index is 11.3. The molecule has 3 saturated carbocycles. The van der Waals surface area contributed by atoms with Crippen molar-refractivity contribution in [3.8, 4) is 0 Å². The van der Waals surface area contributed by atoms with E-state index in [0.29, 0.717) is 18.8 Å². The molecule has 0 aromatic heterocycles. The molecule has 0 aromatic rings. The van der Waals surface area contributed by atoms with Gasteiger partial charge >= 0.3 is 59.1 Å². The summed E-state index contributed by atoms with van der Waals surface area (Å²) >= 11 is 0. The van der Waals surface area contributed by atoms with Crippen molar-refractivity contribution >= 4 is 16.4 Å². The normalized spacial score (nSPS) is 47.0. The summed E-state index contributed by atoms with van der Waals surface area (Å²) in [5, 5.41) is 22.1. The van der Waals surface area contributed by atoms with Crippen LogP contribution in [-0.4, -0.2) is 36.2 Å². The predicted octanol–water partition coefficient (Wildman–Crippen LogP) is -4.22. The summed E-state index contributed by atoms with van der Waals surface area (Å²) in [5.41, 5.74) is -0.0738. The van der Waals surface area contributed by atoms with E-state index in [0.717, 1.165) is 19.3 Å². The van der Waals surface area contributed by atoms with Gasteiger partial charge in [0.1, 0.15) is 0 Å². The number of hydrogen-bond acceptors (Lipinski definition) is 7. The maximum absolute atomic E-state index is 11.3. The summed E-state index contributed by atoms with van der Waals surface area (Å²) in [7, 11) is -5.58. The number of aliphatic hydroxyl groups excluding tert-OH is 1. The quantitative estimate of drug-likeness (QED) is 0.173. The average molecular weight is 492 g/mol. The molecule has 0 heterocycles. The first kappa shape index (κ1) is 22.3. The van der Waals surface area contributed by atoms with Crippen LogP contribution in [-0.2, 0) is 19.4 Å². The van der Waals surface area contributed by atoms with Gasteiger partial charge in [-0.1, -0.05) is 18.6 Å². The zero-order valence-electron chi connectivity index (χ0n) is 24.0. The molecule has 0 saturated heterocycles. The van der Waals surface area contributed by atoms with Crippen LogP contribution in [0.25, 0.3) is 0 Å². The standard InChI is InChI=1S/C22H34O7S.2Na/c1-12(2-9-21(24)25)15-5-7-19-17(15)6-8-18-16-4-3-14(29-30(26,27)28)10-13(16)11-20(23)22(18)19;;/h11-12,14-20,22-23H,2-10H2,1H3,(H,24,25)(H,26,27,28);;/q;2*+1/p-2/t12-,14+,15?,16+,17-,18?,19-,20-,22-;;/m1../s1/i3D2,10D2,14D;;. The van der Waals surface area contributed by atoms with Crippen LogP contribution in [0.1, 0.15) is 71.5 Å². The molecule has 32 heavy (non-hydrogen) atoms. The second kappa shape index (κ2) is 11.8. The van der Waals surface area contributed by atoms with E-state index in [1.165, 1.54) is 6.08 Å². The molecule has 0 amide bonds. The molecule has 4 aliphatic carbocycles. The van der Waals surface area contributed by atoms with Gasteiger partial charge in [0.05, 0.1) is 13.6 Å². The molecule has 0 spiro atoms. The van der Waals surface area contributed by atoms with Crippen LogP contribution in [0, 0.1) is 41.4 Å². The van der Waals surface area contributed by atoms with E-state index < -0.39 is 53.6 Å². The molecule has 0 radical (unpaired) electrons. The third-order valence-electron chi connectivity index (χ3n) is 7.88. The number of aliphatic hydroxyl groups is 1. The van der Waals surface area contributed by atoms with Crippen LogP contribution in [0.2, 0.25) is 0 Å². The van der Waals surface area contributed by atoms with Gasteiger partial charge in [0.2, 0.25) is 10.4 Å². The van der Waals surface area contributed by atoms with Crippen molar-refractivity contribution < 1.29 is 98.1 Å². The zero-order chi connectivity index (χ0) is 26.1. The summed E-state index contributed by atoms with van der Waals surface area (Å²) in [6.07, 6.45) is -5.59. The average Bonchev–Trinajstić information content (AvgIpc) is 3.15. The molecule has 2 unspecified atom stereocenters. The molecule has 1 N–H and O–H groups in total.